The minimum Gasteiger partial charge on any atom is -0.454 e. The first-order valence-corrected chi connectivity index (χ1v) is 9.97. The summed E-state index contributed by atoms with van der Waals surface area (Å²) in [6.07, 6.45) is 2.37. The number of carbonyl (C=O) groups excluding carboxylic acids is 1. The number of fused-ring (bicyclic) bond motifs is 1. The van der Waals surface area contributed by atoms with Gasteiger partial charge in [0.25, 0.3) is 0 Å². The van der Waals surface area contributed by atoms with E-state index in [1.807, 2.05) is 28.5 Å². The average molecular weight is 446 g/mol. The molecule has 1 fully saturated rings. The minimum absolute atomic E-state index is 0. The monoisotopic (exact) mass is 445 g/mol. The lowest BCUT2D eigenvalue weighted by molar-refractivity contribution is -0.132. The smallest absolute Gasteiger partial charge is 0.231 e. The molecule has 0 spiro atoms. The maximum absolute atomic E-state index is 12.8. The average Bonchev–Trinajstić information content (AvgIpc) is 3.39. The Bertz CT molecular complexity index is 796. The number of carbonyl (C=O) groups is 1. The molecule has 2 aliphatic rings. The van der Waals surface area contributed by atoms with Crippen molar-refractivity contribution in [2.75, 3.05) is 26.4 Å². The Morgan fingerprint density at radius 2 is 2.14 bits per heavy atom. The van der Waals surface area contributed by atoms with E-state index in [1.54, 1.807) is 11.3 Å². The van der Waals surface area contributed by atoms with Crippen LogP contribution in [-0.2, 0) is 11.2 Å². The molecule has 0 aliphatic carbocycles. The molecule has 28 heavy (non-hydrogen) atoms. The predicted molar refractivity (Wildman–Crippen MR) is 115 cm³/mol. The van der Waals surface area contributed by atoms with Crippen molar-refractivity contribution in [3.63, 3.8) is 0 Å². The molecule has 2 aromatic rings. The quantitative estimate of drug-likeness (QED) is 0.736. The lowest BCUT2D eigenvalue weighted by Gasteiger charge is -2.28. The van der Waals surface area contributed by atoms with E-state index in [0.717, 1.165) is 60.2 Å². The van der Waals surface area contributed by atoms with Gasteiger partial charge in [-0.25, -0.2) is 4.98 Å². The van der Waals surface area contributed by atoms with Crippen LogP contribution in [0.1, 0.15) is 25.5 Å². The van der Waals surface area contributed by atoms with Crippen molar-refractivity contribution in [2.45, 2.75) is 32.2 Å². The van der Waals surface area contributed by atoms with E-state index < -0.39 is 0 Å². The number of amides is 1. The van der Waals surface area contributed by atoms with Gasteiger partial charge in [0.15, 0.2) is 11.5 Å². The fraction of sp³-hybridized carbons (Fsp3) is 0.474. The van der Waals surface area contributed by atoms with Gasteiger partial charge in [0, 0.05) is 30.1 Å². The van der Waals surface area contributed by atoms with Crippen LogP contribution in [0.4, 0.5) is 0 Å². The van der Waals surface area contributed by atoms with Crippen LogP contribution in [0.5, 0.6) is 11.5 Å². The van der Waals surface area contributed by atoms with Gasteiger partial charge >= 0.3 is 0 Å². The van der Waals surface area contributed by atoms with Crippen molar-refractivity contribution >= 4 is 42.1 Å². The van der Waals surface area contributed by atoms with Crippen molar-refractivity contribution in [3.05, 3.63) is 29.3 Å². The number of halogens is 2. The first-order chi connectivity index (χ1) is 12.7. The zero-order chi connectivity index (χ0) is 17.9. The first kappa shape index (κ1) is 22.7. The fourth-order valence-electron chi connectivity index (χ4n) is 3.46. The largest absolute Gasteiger partial charge is 0.454 e. The zero-order valence-electron chi connectivity index (χ0n) is 15.7. The number of benzene rings is 1. The number of rotatable bonds is 6. The maximum atomic E-state index is 12.8. The van der Waals surface area contributed by atoms with Gasteiger partial charge in [0.2, 0.25) is 12.7 Å². The van der Waals surface area contributed by atoms with E-state index >= 15 is 0 Å². The molecule has 1 aromatic carbocycles. The summed E-state index contributed by atoms with van der Waals surface area (Å²) < 4.78 is 10.8. The summed E-state index contributed by atoms with van der Waals surface area (Å²) in [5.41, 5.74) is 1.82. The van der Waals surface area contributed by atoms with E-state index in [-0.39, 0.29) is 37.5 Å². The maximum Gasteiger partial charge on any atom is 0.231 e. The fourth-order valence-corrected chi connectivity index (χ4v) is 4.28. The molecule has 0 saturated carbocycles. The molecule has 1 saturated heterocycles. The predicted octanol–water partition coefficient (Wildman–Crippen LogP) is 3.53. The molecular weight excluding hydrogens is 421 g/mol. The van der Waals surface area contributed by atoms with Gasteiger partial charge in [-0.05, 0) is 37.6 Å². The van der Waals surface area contributed by atoms with Crippen molar-refractivity contribution < 1.29 is 14.3 Å². The molecule has 0 radical (unpaired) electrons. The molecule has 1 N–H and O–H groups in total. The van der Waals surface area contributed by atoms with Gasteiger partial charge in [-0.15, -0.1) is 36.2 Å². The summed E-state index contributed by atoms with van der Waals surface area (Å²) in [6, 6.07) is 6.14. The summed E-state index contributed by atoms with van der Waals surface area (Å²) in [4.78, 5) is 19.5. The third kappa shape index (κ3) is 4.89. The number of hydrogen-bond acceptors (Lipinski definition) is 6. The van der Waals surface area contributed by atoms with E-state index in [0.29, 0.717) is 12.5 Å². The summed E-state index contributed by atoms with van der Waals surface area (Å²) in [5, 5.41) is 6.23. The van der Waals surface area contributed by atoms with Gasteiger partial charge in [-0.3, -0.25) is 4.79 Å². The van der Waals surface area contributed by atoms with Crippen LogP contribution >= 0.6 is 36.2 Å². The van der Waals surface area contributed by atoms with Crippen LogP contribution in [0.25, 0.3) is 10.6 Å². The normalized spacial score (nSPS) is 17.0. The van der Waals surface area contributed by atoms with Gasteiger partial charge in [-0.1, -0.05) is 6.92 Å². The lowest BCUT2D eigenvalue weighted by Crippen LogP contribution is -2.42. The topological polar surface area (TPSA) is 63.7 Å². The summed E-state index contributed by atoms with van der Waals surface area (Å²) in [7, 11) is 0. The van der Waals surface area contributed by atoms with E-state index in [4.69, 9.17) is 9.47 Å². The summed E-state index contributed by atoms with van der Waals surface area (Å²) in [6.45, 7) is 5.07. The van der Waals surface area contributed by atoms with E-state index in [1.165, 1.54) is 0 Å². The molecule has 2 aliphatic heterocycles. The minimum atomic E-state index is 0. The highest BCUT2D eigenvalue weighted by molar-refractivity contribution is 7.13. The molecule has 0 bridgehead atoms. The van der Waals surface area contributed by atoms with Gasteiger partial charge < -0.3 is 19.7 Å². The second kappa shape index (κ2) is 10.3. The second-order valence-corrected chi connectivity index (χ2v) is 7.48. The van der Waals surface area contributed by atoms with Crippen molar-refractivity contribution in [1.29, 1.82) is 0 Å². The van der Waals surface area contributed by atoms with Gasteiger partial charge in [0.05, 0.1) is 12.1 Å². The summed E-state index contributed by atoms with van der Waals surface area (Å²) >= 11 is 1.56. The molecule has 1 aromatic heterocycles. The number of nitrogens with zero attached hydrogens (tertiary/aromatic N) is 2. The van der Waals surface area contributed by atoms with Crippen LogP contribution < -0.4 is 14.8 Å². The van der Waals surface area contributed by atoms with Crippen LogP contribution in [0.15, 0.2) is 23.6 Å². The second-order valence-electron chi connectivity index (χ2n) is 6.62. The molecule has 3 heterocycles. The number of nitrogens with one attached hydrogen (secondary N) is 1. The number of thiazole rings is 1. The Labute approximate surface area is 181 Å². The van der Waals surface area contributed by atoms with Gasteiger partial charge in [0.1, 0.15) is 5.01 Å². The SMILES string of the molecule is CCCN(C(=O)Cc1csc(-c2ccc3c(c2)OCO3)n1)C1CCNC1.Cl.Cl. The standard InChI is InChI=1S/C19H23N3O3S.2ClH/c1-2-7-22(15-5-6-20-10-15)18(23)9-14-11-26-19(21-14)13-3-4-16-17(8-13)25-12-24-16;;/h3-4,8,11,15,20H,2,5-7,9-10,12H2,1H3;2*1H. The Hall–Kier alpha value is -1.54. The molecular formula is C19H25Cl2N3O3S. The zero-order valence-corrected chi connectivity index (χ0v) is 18.1. The highest BCUT2D eigenvalue weighted by atomic mass is 35.5. The van der Waals surface area contributed by atoms with Crippen molar-refractivity contribution in [3.8, 4) is 22.1 Å². The molecule has 1 unspecified atom stereocenters. The van der Waals surface area contributed by atoms with Crippen LogP contribution in [0.2, 0.25) is 0 Å². The van der Waals surface area contributed by atoms with E-state index in [9.17, 15) is 4.79 Å². The molecule has 1 amide bonds. The lowest BCUT2D eigenvalue weighted by atomic mass is 10.1. The Balaban J connectivity index is 0.00000140. The Morgan fingerprint density at radius 3 is 2.89 bits per heavy atom. The molecule has 1 atom stereocenters. The molecule has 6 nitrogen and oxygen atoms in total. The first-order valence-electron chi connectivity index (χ1n) is 9.09. The summed E-state index contributed by atoms with van der Waals surface area (Å²) in [5.74, 6) is 1.68. The molecule has 4 rings (SSSR count). The van der Waals surface area contributed by atoms with Gasteiger partial charge in [-0.2, -0.15) is 0 Å². The van der Waals surface area contributed by atoms with Crippen LogP contribution in [0, 0.1) is 0 Å². The Kier molecular flexibility index (Phi) is 8.37. The van der Waals surface area contributed by atoms with Crippen molar-refractivity contribution in [1.82, 2.24) is 15.2 Å². The highest BCUT2D eigenvalue weighted by Gasteiger charge is 2.26. The van der Waals surface area contributed by atoms with Crippen LogP contribution in [-0.4, -0.2) is 48.3 Å². The number of ether oxygens (including phenoxy) is 2. The Morgan fingerprint density at radius 1 is 1.32 bits per heavy atom. The molecule has 9 heteroatoms. The third-order valence-corrected chi connectivity index (χ3v) is 5.70. The van der Waals surface area contributed by atoms with Crippen LogP contribution in [0.3, 0.4) is 0 Å². The third-order valence-electron chi connectivity index (χ3n) is 4.76. The number of aromatic nitrogens is 1. The highest BCUT2D eigenvalue weighted by Crippen LogP contribution is 2.36. The molecule has 154 valence electrons. The van der Waals surface area contributed by atoms with E-state index in [2.05, 4.69) is 17.2 Å². The number of hydrogen-bond donors (Lipinski definition) is 1. The van der Waals surface area contributed by atoms with Crippen molar-refractivity contribution in [2.24, 2.45) is 0 Å².